The van der Waals surface area contributed by atoms with E-state index < -0.39 is 0 Å². The first-order chi connectivity index (χ1) is 8.85. The number of ether oxygens (including phenoxy) is 1. The Labute approximate surface area is 112 Å². The van der Waals surface area contributed by atoms with Gasteiger partial charge in [-0.15, -0.1) is 11.8 Å². The molecule has 1 heterocycles. The molecule has 0 aliphatic rings. The molecule has 0 bridgehead atoms. The summed E-state index contributed by atoms with van der Waals surface area (Å²) in [7, 11) is 3.59. The van der Waals surface area contributed by atoms with Gasteiger partial charge in [-0.05, 0) is 18.2 Å². The predicted octanol–water partition coefficient (Wildman–Crippen LogP) is 3.42. The van der Waals surface area contributed by atoms with Crippen molar-refractivity contribution in [2.75, 3.05) is 19.5 Å². The van der Waals surface area contributed by atoms with Gasteiger partial charge in [0.2, 0.25) is 0 Å². The molecule has 0 aliphatic heterocycles. The number of hydrogen-bond acceptors (Lipinski definition) is 4. The van der Waals surface area contributed by atoms with E-state index in [4.69, 9.17) is 4.74 Å². The monoisotopic (exact) mass is 260 g/mol. The first-order valence-electron chi connectivity index (χ1n) is 5.72. The van der Waals surface area contributed by atoms with E-state index in [-0.39, 0.29) is 0 Å². The third kappa shape index (κ3) is 2.96. The molecule has 4 heteroatoms. The molecule has 0 fully saturated rings. The van der Waals surface area contributed by atoms with Crippen LogP contribution in [0.2, 0.25) is 0 Å². The molecule has 0 spiro atoms. The Morgan fingerprint density at radius 3 is 2.83 bits per heavy atom. The second-order valence-corrected chi connectivity index (χ2v) is 4.72. The minimum absolute atomic E-state index is 0.865. The molecule has 3 nitrogen and oxygen atoms in total. The van der Waals surface area contributed by atoms with Crippen molar-refractivity contribution in [2.45, 2.75) is 10.6 Å². The summed E-state index contributed by atoms with van der Waals surface area (Å²) >= 11 is 1.75. The van der Waals surface area contributed by atoms with Gasteiger partial charge in [0, 0.05) is 29.5 Å². The maximum Gasteiger partial charge on any atom is 0.132 e. The van der Waals surface area contributed by atoms with Gasteiger partial charge in [0.1, 0.15) is 11.6 Å². The number of aromatic nitrogens is 1. The molecule has 0 radical (unpaired) electrons. The van der Waals surface area contributed by atoms with Crippen LogP contribution >= 0.6 is 11.8 Å². The molecular formula is C14H16N2OS. The maximum atomic E-state index is 5.34. The minimum Gasteiger partial charge on any atom is -0.496 e. The number of anilines is 1. The number of rotatable bonds is 5. The third-order valence-electron chi connectivity index (χ3n) is 2.58. The van der Waals surface area contributed by atoms with E-state index in [0.29, 0.717) is 0 Å². The molecule has 2 rings (SSSR count). The van der Waals surface area contributed by atoms with Crippen molar-refractivity contribution in [3.05, 3.63) is 48.2 Å². The van der Waals surface area contributed by atoms with E-state index in [2.05, 4.69) is 22.4 Å². The van der Waals surface area contributed by atoms with Crippen LogP contribution in [-0.4, -0.2) is 19.1 Å². The van der Waals surface area contributed by atoms with Crippen molar-refractivity contribution in [3.8, 4) is 5.75 Å². The van der Waals surface area contributed by atoms with Crippen molar-refractivity contribution < 1.29 is 4.74 Å². The number of benzene rings is 1. The molecule has 0 saturated heterocycles. The zero-order valence-electron chi connectivity index (χ0n) is 10.5. The summed E-state index contributed by atoms with van der Waals surface area (Å²) in [5, 5.41) is 3.10. The van der Waals surface area contributed by atoms with Gasteiger partial charge >= 0.3 is 0 Å². The number of thioether (sulfide) groups is 1. The zero-order valence-corrected chi connectivity index (χ0v) is 11.3. The lowest BCUT2D eigenvalue weighted by Gasteiger charge is -2.09. The van der Waals surface area contributed by atoms with Crippen molar-refractivity contribution >= 4 is 17.6 Å². The summed E-state index contributed by atoms with van der Waals surface area (Å²) in [6.45, 7) is 0. The van der Waals surface area contributed by atoms with Crippen LogP contribution in [-0.2, 0) is 5.75 Å². The first kappa shape index (κ1) is 12.8. The van der Waals surface area contributed by atoms with Gasteiger partial charge in [0.05, 0.1) is 7.11 Å². The predicted molar refractivity (Wildman–Crippen MR) is 76.3 cm³/mol. The average molecular weight is 260 g/mol. The van der Waals surface area contributed by atoms with Crippen LogP contribution in [0.1, 0.15) is 5.56 Å². The van der Waals surface area contributed by atoms with Crippen molar-refractivity contribution in [2.24, 2.45) is 0 Å². The zero-order chi connectivity index (χ0) is 12.8. The molecule has 94 valence electrons. The highest BCUT2D eigenvalue weighted by molar-refractivity contribution is 7.98. The average Bonchev–Trinajstić information content (AvgIpc) is 2.45. The Kier molecular flexibility index (Phi) is 4.47. The van der Waals surface area contributed by atoms with Crippen LogP contribution < -0.4 is 10.1 Å². The van der Waals surface area contributed by atoms with Gasteiger partial charge in [0.15, 0.2) is 0 Å². The number of pyridine rings is 1. The Hall–Kier alpha value is -1.68. The number of para-hydroxylation sites is 1. The van der Waals surface area contributed by atoms with Crippen molar-refractivity contribution in [1.29, 1.82) is 0 Å². The Balaban J connectivity index is 2.11. The summed E-state index contributed by atoms with van der Waals surface area (Å²) in [4.78, 5) is 5.44. The molecule has 0 aliphatic carbocycles. The topological polar surface area (TPSA) is 34.2 Å². The molecule has 0 atom stereocenters. The van der Waals surface area contributed by atoms with E-state index in [1.165, 1.54) is 5.56 Å². The van der Waals surface area contributed by atoms with Gasteiger partial charge in [-0.25, -0.2) is 4.98 Å². The Morgan fingerprint density at radius 2 is 2.06 bits per heavy atom. The third-order valence-corrected chi connectivity index (χ3v) is 3.68. The molecule has 2 aromatic rings. The van der Waals surface area contributed by atoms with Gasteiger partial charge < -0.3 is 10.1 Å². The van der Waals surface area contributed by atoms with Gasteiger partial charge in [0.25, 0.3) is 0 Å². The van der Waals surface area contributed by atoms with Crippen LogP contribution in [0.5, 0.6) is 5.75 Å². The SMILES string of the molecule is CNc1ncccc1CSc1ccccc1OC. The van der Waals surface area contributed by atoms with E-state index in [9.17, 15) is 0 Å². The first-order valence-corrected chi connectivity index (χ1v) is 6.71. The minimum atomic E-state index is 0.865. The molecule has 1 aromatic carbocycles. The van der Waals surface area contributed by atoms with E-state index in [0.717, 1.165) is 22.2 Å². The molecule has 18 heavy (non-hydrogen) atoms. The molecule has 0 unspecified atom stereocenters. The quantitative estimate of drug-likeness (QED) is 0.835. The number of hydrogen-bond donors (Lipinski definition) is 1. The van der Waals surface area contributed by atoms with E-state index in [1.807, 2.05) is 31.3 Å². The van der Waals surface area contributed by atoms with Gasteiger partial charge in [-0.3, -0.25) is 0 Å². The van der Waals surface area contributed by atoms with Crippen LogP contribution in [0.3, 0.4) is 0 Å². The summed E-state index contributed by atoms with van der Waals surface area (Å²) in [5.74, 6) is 2.71. The highest BCUT2D eigenvalue weighted by atomic mass is 32.2. The van der Waals surface area contributed by atoms with Crippen LogP contribution in [0.15, 0.2) is 47.5 Å². The van der Waals surface area contributed by atoms with Crippen LogP contribution in [0, 0.1) is 0 Å². The second kappa shape index (κ2) is 6.31. The highest BCUT2D eigenvalue weighted by Gasteiger charge is 2.05. The highest BCUT2D eigenvalue weighted by Crippen LogP contribution is 2.32. The lowest BCUT2D eigenvalue weighted by molar-refractivity contribution is 0.405. The smallest absolute Gasteiger partial charge is 0.132 e. The van der Waals surface area contributed by atoms with E-state index >= 15 is 0 Å². The fraction of sp³-hybridized carbons (Fsp3) is 0.214. The van der Waals surface area contributed by atoms with Crippen molar-refractivity contribution in [3.63, 3.8) is 0 Å². The van der Waals surface area contributed by atoms with Gasteiger partial charge in [-0.1, -0.05) is 18.2 Å². The molecular weight excluding hydrogens is 244 g/mol. The van der Waals surface area contributed by atoms with Crippen LogP contribution in [0.25, 0.3) is 0 Å². The Bertz CT molecular complexity index is 469. The van der Waals surface area contributed by atoms with Crippen LogP contribution in [0.4, 0.5) is 5.82 Å². The van der Waals surface area contributed by atoms with Crippen molar-refractivity contribution in [1.82, 2.24) is 4.98 Å². The lowest BCUT2D eigenvalue weighted by atomic mass is 10.3. The standard InChI is InChI=1S/C14H16N2OS/c1-15-14-11(6-5-9-16-14)10-18-13-8-4-3-7-12(13)17-2/h3-9H,10H2,1-2H3,(H,15,16). The largest absolute Gasteiger partial charge is 0.496 e. The Morgan fingerprint density at radius 1 is 1.22 bits per heavy atom. The fourth-order valence-electron chi connectivity index (χ4n) is 1.67. The number of nitrogens with zero attached hydrogens (tertiary/aromatic N) is 1. The summed E-state index contributed by atoms with van der Waals surface area (Å²) in [6.07, 6.45) is 1.79. The molecule has 1 N–H and O–H groups in total. The molecule has 0 saturated carbocycles. The number of methoxy groups -OCH3 is 1. The second-order valence-electron chi connectivity index (χ2n) is 3.70. The molecule has 0 amide bonds. The summed E-state index contributed by atoms with van der Waals surface area (Å²) in [5.41, 5.74) is 1.19. The number of nitrogens with one attached hydrogen (secondary N) is 1. The van der Waals surface area contributed by atoms with E-state index in [1.54, 1.807) is 25.1 Å². The fourth-order valence-corrected chi connectivity index (χ4v) is 2.69. The molecule has 1 aromatic heterocycles. The maximum absolute atomic E-state index is 5.34. The summed E-state index contributed by atoms with van der Waals surface area (Å²) < 4.78 is 5.34. The normalized spacial score (nSPS) is 10.1. The lowest BCUT2D eigenvalue weighted by Crippen LogP contribution is -1.96. The van der Waals surface area contributed by atoms with Gasteiger partial charge in [-0.2, -0.15) is 0 Å². The summed E-state index contributed by atoms with van der Waals surface area (Å²) in [6, 6.07) is 12.1.